The number of para-hydroxylation sites is 1. The number of aromatic amines is 1. The second-order valence-corrected chi connectivity index (χ2v) is 3.97. The molecule has 0 amide bonds. The Bertz CT molecular complexity index is 765. The Morgan fingerprint density at radius 3 is 2.70 bits per heavy atom. The Hall–Kier alpha value is -2.96. The monoisotopic (exact) mass is 269 g/mol. The molecule has 0 saturated heterocycles. The van der Waals surface area contributed by atoms with Crippen molar-refractivity contribution in [3.63, 3.8) is 0 Å². The summed E-state index contributed by atoms with van der Waals surface area (Å²) in [6.07, 6.45) is 1.44. The van der Waals surface area contributed by atoms with Gasteiger partial charge in [0.05, 0.1) is 12.8 Å². The van der Waals surface area contributed by atoms with Crippen LogP contribution in [-0.2, 0) is 0 Å². The van der Waals surface area contributed by atoms with Crippen LogP contribution in [0.1, 0.15) is 0 Å². The second kappa shape index (κ2) is 4.96. The predicted octanol–water partition coefficient (Wildman–Crippen LogP) is 1.03. The van der Waals surface area contributed by atoms with Crippen LogP contribution >= 0.6 is 0 Å². The number of rotatable bonds is 3. The van der Waals surface area contributed by atoms with Crippen molar-refractivity contribution in [2.45, 2.75) is 0 Å². The van der Waals surface area contributed by atoms with Crippen LogP contribution in [0.3, 0.4) is 0 Å². The number of ether oxygens (including phenoxy) is 1. The summed E-state index contributed by atoms with van der Waals surface area (Å²) in [6.45, 7) is 0. The molecule has 0 aliphatic carbocycles. The SMILES string of the molecule is COc1cc(=O)n(-c2ccccc2)nc1-c1nc[nH]n1. The highest BCUT2D eigenvalue weighted by Crippen LogP contribution is 2.22. The van der Waals surface area contributed by atoms with E-state index in [0.717, 1.165) is 0 Å². The van der Waals surface area contributed by atoms with Crippen molar-refractivity contribution in [1.82, 2.24) is 25.0 Å². The normalized spacial score (nSPS) is 10.4. The van der Waals surface area contributed by atoms with Crippen LogP contribution in [0.15, 0.2) is 47.5 Å². The number of methoxy groups -OCH3 is 1. The molecular formula is C13H11N5O2. The summed E-state index contributed by atoms with van der Waals surface area (Å²) in [6, 6.07) is 10.5. The van der Waals surface area contributed by atoms with E-state index in [9.17, 15) is 4.79 Å². The first-order valence-electron chi connectivity index (χ1n) is 5.89. The Balaban J connectivity index is 2.23. The molecule has 3 rings (SSSR count). The second-order valence-electron chi connectivity index (χ2n) is 3.97. The number of nitrogens with one attached hydrogen (secondary N) is 1. The molecule has 20 heavy (non-hydrogen) atoms. The zero-order chi connectivity index (χ0) is 13.9. The molecule has 0 unspecified atom stereocenters. The van der Waals surface area contributed by atoms with Gasteiger partial charge in [-0.3, -0.25) is 9.89 Å². The van der Waals surface area contributed by atoms with Crippen LogP contribution in [0.5, 0.6) is 5.75 Å². The van der Waals surface area contributed by atoms with E-state index >= 15 is 0 Å². The summed E-state index contributed by atoms with van der Waals surface area (Å²) in [5.74, 6) is 0.702. The van der Waals surface area contributed by atoms with Gasteiger partial charge in [-0.05, 0) is 12.1 Å². The molecule has 0 atom stereocenters. The first kappa shape index (κ1) is 12.1. The number of aromatic nitrogens is 5. The van der Waals surface area contributed by atoms with Gasteiger partial charge >= 0.3 is 0 Å². The lowest BCUT2D eigenvalue weighted by atomic mass is 10.3. The molecular weight excluding hydrogens is 258 g/mol. The highest BCUT2D eigenvalue weighted by Gasteiger charge is 2.15. The number of nitrogens with zero attached hydrogens (tertiary/aromatic N) is 4. The molecule has 1 aromatic carbocycles. The van der Waals surface area contributed by atoms with E-state index in [1.807, 2.05) is 18.2 Å². The Labute approximate surface area is 113 Å². The van der Waals surface area contributed by atoms with Crippen molar-refractivity contribution < 1.29 is 4.74 Å². The first-order valence-corrected chi connectivity index (χ1v) is 5.89. The Morgan fingerprint density at radius 1 is 1.25 bits per heavy atom. The average molecular weight is 269 g/mol. The van der Waals surface area contributed by atoms with Gasteiger partial charge in [-0.15, -0.1) is 0 Å². The molecule has 0 fully saturated rings. The Kier molecular flexibility index (Phi) is 3.00. The lowest BCUT2D eigenvalue weighted by Crippen LogP contribution is -2.21. The van der Waals surface area contributed by atoms with Crippen LogP contribution in [-0.4, -0.2) is 32.1 Å². The molecule has 2 aromatic heterocycles. The smallest absolute Gasteiger partial charge is 0.275 e. The molecule has 0 bridgehead atoms. The van der Waals surface area contributed by atoms with Crippen molar-refractivity contribution in [2.24, 2.45) is 0 Å². The molecule has 100 valence electrons. The van der Waals surface area contributed by atoms with Gasteiger partial charge in [0.2, 0.25) is 5.82 Å². The lowest BCUT2D eigenvalue weighted by Gasteiger charge is -2.08. The van der Waals surface area contributed by atoms with Crippen LogP contribution in [0.4, 0.5) is 0 Å². The third kappa shape index (κ3) is 2.05. The quantitative estimate of drug-likeness (QED) is 0.767. The minimum absolute atomic E-state index is 0.285. The van der Waals surface area contributed by atoms with E-state index in [2.05, 4.69) is 20.3 Å². The predicted molar refractivity (Wildman–Crippen MR) is 71.8 cm³/mol. The molecule has 7 nitrogen and oxygen atoms in total. The van der Waals surface area contributed by atoms with E-state index in [1.165, 1.54) is 24.2 Å². The summed E-state index contributed by atoms with van der Waals surface area (Å²) < 4.78 is 6.46. The molecule has 1 N–H and O–H groups in total. The summed E-state index contributed by atoms with van der Waals surface area (Å²) >= 11 is 0. The molecule has 0 aliphatic rings. The van der Waals surface area contributed by atoms with E-state index in [4.69, 9.17) is 4.74 Å². The maximum atomic E-state index is 12.1. The van der Waals surface area contributed by atoms with E-state index in [0.29, 0.717) is 23.0 Å². The Morgan fingerprint density at radius 2 is 2.05 bits per heavy atom. The van der Waals surface area contributed by atoms with Gasteiger partial charge in [-0.2, -0.15) is 14.9 Å². The molecule has 7 heteroatoms. The van der Waals surface area contributed by atoms with E-state index < -0.39 is 0 Å². The summed E-state index contributed by atoms with van der Waals surface area (Å²) in [7, 11) is 1.47. The van der Waals surface area contributed by atoms with Gasteiger partial charge in [0.25, 0.3) is 5.56 Å². The highest BCUT2D eigenvalue weighted by molar-refractivity contribution is 5.57. The van der Waals surface area contributed by atoms with Crippen molar-refractivity contribution in [3.05, 3.63) is 53.1 Å². The highest BCUT2D eigenvalue weighted by atomic mass is 16.5. The summed E-state index contributed by atoms with van der Waals surface area (Å²) in [5.41, 5.74) is 0.779. The average Bonchev–Trinajstić information content (AvgIpc) is 3.02. The van der Waals surface area contributed by atoms with Gasteiger partial charge < -0.3 is 4.74 Å². The number of H-pyrrole nitrogens is 1. The van der Waals surface area contributed by atoms with Crippen molar-refractivity contribution in [3.8, 4) is 23.0 Å². The lowest BCUT2D eigenvalue weighted by molar-refractivity contribution is 0.411. The van der Waals surface area contributed by atoms with Gasteiger partial charge in [0, 0.05) is 6.07 Å². The number of hydrogen-bond donors (Lipinski definition) is 1. The minimum Gasteiger partial charge on any atom is -0.494 e. The third-order valence-corrected chi connectivity index (χ3v) is 2.74. The van der Waals surface area contributed by atoms with E-state index in [-0.39, 0.29) is 5.56 Å². The fourth-order valence-electron chi connectivity index (χ4n) is 1.83. The zero-order valence-corrected chi connectivity index (χ0v) is 10.6. The summed E-state index contributed by atoms with van der Waals surface area (Å²) in [4.78, 5) is 16.1. The molecule has 3 aromatic rings. The maximum absolute atomic E-state index is 12.1. The van der Waals surface area contributed by atoms with Crippen LogP contribution < -0.4 is 10.3 Å². The molecule has 0 aliphatic heterocycles. The molecule has 0 spiro atoms. The molecule has 0 saturated carbocycles. The van der Waals surface area contributed by atoms with Crippen LogP contribution in [0.25, 0.3) is 17.2 Å². The fourth-order valence-corrected chi connectivity index (χ4v) is 1.83. The topological polar surface area (TPSA) is 85.7 Å². The van der Waals surface area contributed by atoms with Gasteiger partial charge in [-0.25, -0.2) is 4.98 Å². The van der Waals surface area contributed by atoms with E-state index in [1.54, 1.807) is 12.1 Å². The van der Waals surface area contributed by atoms with Crippen LogP contribution in [0.2, 0.25) is 0 Å². The largest absolute Gasteiger partial charge is 0.494 e. The van der Waals surface area contributed by atoms with Gasteiger partial charge in [-0.1, -0.05) is 18.2 Å². The first-order chi connectivity index (χ1) is 9.79. The van der Waals surface area contributed by atoms with Gasteiger partial charge in [0.1, 0.15) is 6.33 Å². The van der Waals surface area contributed by atoms with Gasteiger partial charge in [0.15, 0.2) is 11.4 Å². The van der Waals surface area contributed by atoms with Crippen LogP contribution in [0, 0.1) is 0 Å². The third-order valence-electron chi connectivity index (χ3n) is 2.74. The zero-order valence-electron chi connectivity index (χ0n) is 10.6. The number of benzene rings is 1. The number of hydrogen-bond acceptors (Lipinski definition) is 5. The maximum Gasteiger partial charge on any atom is 0.275 e. The standard InChI is InChI=1S/C13H11N5O2/c1-20-10-7-11(19)18(9-5-3-2-4-6-9)17-12(10)13-14-8-15-16-13/h2-8H,1H3,(H,14,15,16). The summed E-state index contributed by atoms with van der Waals surface area (Å²) in [5, 5.41) is 10.9. The minimum atomic E-state index is -0.285. The van der Waals surface area contributed by atoms with Crippen molar-refractivity contribution >= 4 is 0 Å². The fraction of sp³-hybridized carbons (Fsp3) is 0.0769. The van der Waals surface area contributed by atoms with Crippen molar-refractivity contribution in [1.29, 1.82) is 0 Å². The molecule has 2 heterocycles. The molecule has 0 radical (unpaired) electrons. The van der Waals surface area contributed by atoms with Crippen molar-refractivity contribution in [2.75, 3.05) is 7.11 Å².